The Hall–Kier alpha value is -1.13. The standard InChI is InChI=1S/C12H10INO4S2/c1-7-6-10(19-11(7)12(15)16)20(17,18)14-9-5-3-2-4-8(9)13/h2-6,14H,1H3,(H,15,16). The predicted octanol–water partition coefficient (Wildman–Crippen LogP) is 3.16. The number of para-hydroxylation sites is 1. The zero-order valence-corrected chi connectivity index (χ0v) is 14.0. The number of aryl methyl sites for hydroxylation is 1. The lowest BCUT2D eigenvalue weighted by Crippen LogP contribution is -2.12. The van der Waals surface area contributed by atoms with Crippen molar-refractivity contribution in [2.24, 2.45) is 0 Å². The number of thiophene rings is 1. The van der Waals surface area contributed by atoms with Gasteiger partial charge in [-0.25, -0.2) is 13.2 Å². The number of nitrogens with one attached hydrogen (secondary N) is 1. The van der Waals surface area contributed by atoms with Gasteiger partial charge >= 0.3 is 5.97 Å². The van der Waals surface area contributed by atoms with Gasteiger partial charge in [-0.3, -0.25) is 4.72 Å². The van der Waals surface area contributed by atoms with Gasteiger partial charge in [0, 0.05) is 3.57 Å². The van der Waals surface area contributed by atoms with Crippen molar-refractivity contribution in [1.82, 2.24) is 0 Å². The summed E-state index contributed by atoms with van der Waals surface area (Å²) in [5.41, 5.74) is 0.904. The first-order valence-electron chi connectivity index (χ1n) is 5.42. The Morgan fingerprint density at radius 2 is 2.00 bits per heavy atom. The van der Waals surface area contributed by atoms with Crippen molar-refractivity contribution in [2.75, 3.05) is 4.72 Å². The molecule has 2 rings (SSSR count). The number of anilines is 1. The third kappa shape index (κ3) is 3.13. The van der Waals surface area contributed by atoms with Crippen LogP contribution in [0.5, 0.6) is 0 Å². The van der Waals surface area contributed by atoms with Gasteiger partial charge in [-0.05, 0) is 53.3 Å². The molecule has 0 spiro atoms. The number of carboxylic acids is 1. The Labute approximate surface area is 133 Å². The van der Waals surface area contributed by atoms with Crippen LogP contribution < -0.4 is 4.72 Å². The Morgan fingerprint density at radius 3 is 2.55 bits per heavy atom. The zero-order chi connectivity index (χ0) is 14.9. The van der Waals surface area contributed by atoms with Gasteiger partial charge in [0.15, 0.2) is 0 Å². The summed E-state index contributed by atoms with van der Waals surface area (Å²) in [6.45, 7) is 1.57. The van der Waals surface area contributed by atoms with Crippen LogP contribution in [0.15, 0.2) is 34.5 Å². The summed E-state index contributed by atoms with van der Waals surface area (Å²) in [6.07, 6.45) is 0. The van der Waals surface area contributed by atoms with Crippen molar-refractivity contribution in [3.63, 3.8) is 0 Å². The predicted molar refractivity (Wildman–Crippen MR) is 86.0 cm³/mol. The molecule has 0 atom stereocenters. The van der Waals surface area contributed by atoms with Crippen LogP contribution in [0.25, 0.3) is 0 Å². The molecule has 0 aliphatic heterocycles. The molecule has 0 saturated heterocycles. The van der Waals surface area contributed by atoms with Crippen molar-refractivity contribution in [3.05, 3.63) is 44.3 Å². The Morgan fingerprint density at radius 1 is 1.35 bits per heavy atom. The summed E-state index contributed by atoms with van der Waals surface area (Å²) in [6, 6.07) is 8.32. The number of aromatic carboxylic acids is 1. The van der Waals surface area contributed by atoms with Crippen LogP contribution >= 0.6 is 33.9 Å². The van der Waals surface area contributed by atoms with Crippen LogP contribution in [-0.4, -0.2) is 19.5 Å². The molecule has 5 nitrogen and oxygen atoms in total. The molecule has 0 unspecified atom stereocenters. The van der Waals surface area contributed by atoms with Crippen molar-refractivity contribution >= 4 is 55.6 Å². The van der Waals surface area contributed by atoms with Gasteiger partial charge in [-0.1, -0.05) is 12.1 Å². The van der Waals surface area contributed by atoms with E-state index in [4.69, 9.17) is 5.11 Å². The van der Waals surface area contributed by atoms with Gasteiger partial charge in [-0.15, -0.1) is 11.3 Å². The Kier molecular flexibility index (Phi) is 4.35. The van der Waals surface area contributed by atoms with Crippen LogP contribution in [0.4, 0.5) is 5.69 Å². The molecule has 106 valence electrons. The maximum Gasteiger partial charge on any atom is 0.346 e. The van der Waals surface area contributed by atoms with Gasteiger partial charge < -0.3 is 5.11 Å². The highest BCUT2D eigenvalue weighted by atomic mass is 127. The quantitative estimate of drug-likeness (QED) is 0.741. The van der Waals surface area contributed by atoms with Crippen molar-refractivity contribution < 1.29 is 18.3 Å². The molecule has 2 N–H and O–H groups in total. The Balaban J connectivity index is 2.39. The van der Waals surface area contributed by atoms with Gasteiger partial charge in [0.2, 0.25) is 0 Å². The third-order valence-corrected chi connectivity index (χ3v) is 6.48. The molecule has 0 amide bonds. The number of sulfonamides is 1. The minimum absolute atomic E-state index is 0.00736. The minimum atomic E-state index is -3.77. The largest absolute Gasteiger partial charge is 0.477 e. The summed E-state index contributed by atoms with van der Waals surface area (Å²) in [7, 11) is -3.77. The highest BCUT2D eigenvalue weighted by Gasteiger charge is 2.22. The number of rotatable bonds is 4. The molecule has 1 aromatic heterocycles. The number of carboxylic acid groups (broad SMARTS) is 1. The first kappa shape index (κ1) is 15.3. The molecule has 1 heterocycles. The Bertz CT molecular complexity index is 768. The number of carbonyl (C=O) groups is 1. The maximum atomic E-state index is 12.2. The fourth-order valence-electron chi connectivity index (χ4n) is 1.54. The number of hydrogen-bond acceptors (Lipinski definition) is 4. The van der Waals surface area contributed by atoms with Crippen LogP contribution in [0.2, 0.25) is 0 Å². The fourth-order valence-corrected chi connectivity index (χ4v) is 4.70. The van der Waals surface area contributed by atoms with E-state index in [0.717, 1.165) is 14.9 Å². The van der Waals surface area contributed by atoms with Crippen LogP contribution in [0, 0.1) is 10.5 Å². The minimum Gasteiger partial charge on any atom is -0.477 e. The molecule has 2 aromatic rings. The normalized spacial score (nSPS) is 11.3. The van der Waals surface area contributed by atoms with Gasteiger partial charge in [0.05, 0.1) is 5.69 Å². The molecular weight excluding hydrogens is 413 g/mol. The third-order valence-electron chi connectivity index (χ3n) is 2.47. The SMILES string of the molecule is Cc1cc(S(=O)(=O)Nc2ccccc2I)sc1C(=O)O. The van der Waals surface area contributed by atoms with E-state index in [1.165, 1.54) is 6.07 Å². The smallest absolute Gasteiger partial charge is 0.346 e. The van der Waals surface area contributed by atoms with E-state index >= 15 is 0 Å². The first-order chi connectivity index (χ1) is 9.31. The van der Waals surface area contributed by atoms with Crippen LogP contribution in [0.3, 0.4) is 0 Å². The molecule has 1 aromatic carbocycles. The molecule has 0 fully saturated rings. The van der Waals surface area contributed by atoms with Crippen molar-refractivity contribution in [1.29, 1.82) is 0 Å². The van der Waals surface area contributed by atoms with Crippen LogP contribution in [0.1, 0.15) is 15.2 Å². The van der Waals surface area contributed by atoms with E-state index in [1.54, 1.807) is 31.2 Å². The molecule has 20 heavy (non-hydrogen) atoms. The summed E-state index contributed by atoms with van der Waals surface area (Å²) in [5.74, 6) is -1.12. The average Bonchev–Trinajstić information content (AvgIpc) is 2.75. The highest BCUT2D eigenvalue weighted by Crippen LogP contribution is 2.28. The summed E-state index contributed by atoms with van der Waals surface area (Å²) >= 11 is 2.77. The van der Waals surface area contributed by atoms with Crippen molar-refractivity contribution in [3.8, 4) is 0 Å². The lowest BCUT2D eigenvalue weighted by molar-refractivity contribution is 0.0701. The molecular formula is C12H10INO4S2. The second-order valence-corrected chi connectivity index (χ2v) is 8.09. The van der Waals surface area contributed by atoms with Gasteiger partial charge in [0.1, 0.15) is 9.09 Å². The summed E-state index contributed by atoms with van der Waals surface area (Å²) in [5, 5.41) is 8.97. The monoisotopic (exact) mass is 423 g/mol. The maximum absolute atomic E-state index is 12.2. The van der Waals surface area contributed by atoms with Gasteiger partial charge in [0.25, 0.3) is 10.0 Å². The number of hydrogen-bond donors (Lipinski definition) is 2. The lowest BCUT2D eigenvalue weighted by Gasteiger charge is -2.07. The molecule has 0 aliphatic rings. The zero-order valence-electron chi connectivity index (χ0n) is 10.3. The summed E-state index contributed by atoms with van der Waals surface area (Å²) in [4.78, 5) is 11.0. The van der Waals surface area contributed by atoms with E-state index in [0.29, 0.717) is 11.3 Å². The first-order valence-corrected chi connectivity index (χ1v) is 8.80. The highest BCUT2D eigenvalue weighted by molar-refractivity contribution is 14.1. The molecule has 8 heteroatoms. The molecule has 0 aliphatic carbocycles. The van der Waals surface area contributed by atoms with E-state index < -0.39 is 16.0 Å². The van der Waals surface area contributed by atoms with E-state index in [9.17, 15) is 13.2 Å². The average molecular weight is 423 g/mol. The summed E-state index contributed by atoms with van der Waals surface area (Å²) < 4.78 is 27.7. The molecule has 0 bridgehead atoms. The van der Waals surface area contributed by atoms with Gasteiger partial charge in [-0.2, -0.15) is 0 Å². The lowest BCUT2D eigenvalue weighted by atomic mass is 10.3. The van der Waals surface area contributed by atoms with Crippen molar-refractivity contribution in [2.45, 2.75) is 11.1 Å². The number of benzene rings is 1. The van der Waals surface area contributed by atoms with E-state index in [2.05, 4.69) is 4.72 Å². The molecule has 0 saturated carbocycles. The second-order valence-electron chi connectivity index (χ2n) is 3.97. The van der Waals surface area contributed by atoms with Crippen LogP contribution in [-0.2, 0) is 10.0 Å². The molecule has 0 radical (unpaired) electrons. The second kappa shape index (κ2) is 5.70. The van der Waals surface area contributed by atoms with E-state index in [-0.39, 0.29) is 9.09 Å². The number of halogens is 1. The topological polar surface area (TPSA) is 83.5 Å². The fraction of sp³-hybridized carbons (Fsp3) is 0.0833. The van der Waals surface area contributed by atoms with E-state index in [1.807, 2.05) is 22.6 Å².